The molecule has 0 aliphatic rings. The van der Waals surface area contributed by atoms with Crippen LogP contribution in [0.2, 0.25) is 5.15 Å². The maximum Gasteiger partial charge on any atom is 0.198 e. The van der Waals surface area contributed by atoms with Crippen LogP contribution in [0.4, 0.5) is 5.82 Å². The summed E-state index contributed by atoms with van der Waals surface area (Å²) in [6.45, 7) is 4.92. The van der Waals surface area contributed by atoms with Crippen LogP contribution in [0.5, 0.6) is 0 Å². The van der Waals surface area contributed by atoms with Crippen molar-refractivity contribution in [3.05, 3.63) is 23.1 Å². The van der Waals surface area contributed by atoms with Crippen LogP contribution >= 0.6 is 11.6 Å². The molecule has 0 bridgehead atoms. The van der Waals surface area contributed by atoms with Crippen LogP contribution < -0.4 is 5.32 Å². The minimum atomic E-state index is 0.570. The Labute approximate surface area is 111 Å². The van der Waals surface area contributed by atoms with Gasteiger partial charge in [-0.2, -0.15) is 0 Å². The largest absolute Gasteiger partial charge is 0.370 e. The summed E-state index contributed by atoms with van der Waals surface area (Å²) in [5, 5.41) is 3.77. The highest BCUT2D eigenvalue weighted by Gasteiger charge is 2.12. The lowest BCUT2D eigenvalue weighted by Crippen LogP contribution is -2.05. The molecule has 0 spiro atoms. The molecule has 18 heavy (non-hydrogen) atoms. The van der Waals surface area contributed by atoms with E-state index in [1.807, 2.05) is 20.0 Å². The van der Waals surface area contributed by atoms with Gasteiger partial charge in [0.15, 0.2) is 11.6 Å². The third kappa shape index (κ3) is 2.46. The van der Waals surface area contributed by atoms with Crippen LogP contribution in [-0.4, -0.2) is 26.1 Å². The molecule has 1 N–H and O–H groups in total. The minimum Gasteiger partial charge on any atom is -0.370 e. The Morgan fingerprint density at radius 1 is 1.33 bits per heavy atom. The summed E-state index contributed by atoms with van der Waals surface area (Å²) in [6.07, 6.45) is 2.46. The zero-order chi connectivity index (χ0) is 13.1. The number of imidazole rings is 1. The minimum absolute atomic E-state index is 0.570. The van der Waals surface area contributed by atoms with Gasteiger partial charge >= 0.3 is 0 Å². The summed E-state index contributed by atoms with van der Waals surface area (Å²) in [4.78, 5) is 13.2. The third-order valence-corrected chi connectivity index (χ3v) is 2.98. The van der Waals surface area contributed by atoms with Gasteiger partial charge < -0.3 is 9.88 Å². The zero-order valence-electron chi connectivity index (χ0n) is 10.7. The fourth-order valence-corrected chi connectivity index (χ4v) is 1.78. The van der Waals surface area contributed by atoms with E-state index in [9.17, 15) is 0 Å². The summed E-state index contributed by atoms with van der Waals surface area (Å²) in [5.74, 6) is 2.09. The molecule has 0 saturated carbocycles. The molecular formula is C12H16ClN5. The predicted octanol–water partition coefficient (Wildman–Crippen LogP) is 2.52. The van der Waals surface area contributed by atoms with Crippen molar-refractivity contribution in [1.82, 2.24) is 19.5 Å². The molecule has 0 aromatic carbocycles. The number of nitrogens with zero attached hydrogens (tertiary/aromatic N) is 4. The molecule has 0 unspecified atom stereocenters. The first kappa shape index (κ1) is 12.8. The Morgan fingerprint density at radius 3 is 2.67 bits per heavy atom. The van der Waals surface area contributed by atoms with Crippen LogP contribution in [0.1, 0.15) is 19.5 Å². The van der Waals surface area contributed by atoms with Crippen LogP contribution in [-0.2, 0) is 13.5 Å². The molecule has 2 aromatic rings. The fraction of sp³-hybridized carbons (Fsp3) is 0.417. The molecule has 5 nitrogen and oxygen atoms in total. The van der Waals surface area contributed by atoms with Gasteiger partial charge in [-0.3, -0.25) is 0 Å². The number of halogens is 1. The maximum absolute atomic E-state index is 5.98. The molecule has 0 amide bonds. The van der Waals surface area contributed by atoms with Gasteiger partial charge in [-0.15, -0.1) is 0 Å². The van der Waals surface area contributed by atoms with Crippen molar-refractivity contribution < 1.29 is 0 Å². The molecule has 0 saturated heterocycles. The molecule has 0 fully saturated rings. The van der Waals surface area contributed by atoms with Crippen LogP contribution in [0.15, 0.2) is 12.3 Å². The van der Waals surface area contributed by atoms with E-state index in [4.69, 9.17) is 11.6 Å². The van der Waals surface area contributed by atoms with Gasteiger partial charge in [0.25, 0.3) is 0 Å². The second-order valence-corrected chi connectivity index (χ2v) is 4.30. The summed E-state index contributed by atoms with van der Waals surface area (Å²) in [7, 11) is 1.85. The molecule has 0 radical (unpaired) electrons. The van der Waals surface area contributed by atoms with Gasteiger partial charge in [-0.05, 0) is 13.3 Å². The third-order valence-electron chi connectivity index (χ3n) is 2.63. The molecule has 2 aromatic heterocycles. The number of nitrogens with one attached hydrogen (secondary N) is 1. The maximum atomic E-state index is 5.98. The lowest BCUT2D eigenvalue weighted by Gasteiger charge is -2.08. The van der Waals surface area contributed by atoms with E-state index in [1.54, 1.807) is 10.8 Å². The quantitative estimate of drug-likeness (QED) is 0.923. The molecule has 0 atom stereocenters. The van der Waals surface area contributed by atoms with Gasteiger partial charge in [-0.1, -0.05) is 18.5 Å². The van der Waals surface area contributed by atoms with E-state index in [1.165, 1.54) is 0 Å². The molecular weight excluding hydrogens is 250 g/mol. The van der Waals surface area contributed by atoms with Gasteiger partial charge in [0, 0.05) is 25.4 Å². The number of hydrogen-bond donors (Lipinski definition) is 1. The Morgan fingerprint density at radius 2 is 2.11 bits per heavy atom. The molecule has 2 heterocycles. The Balaban J connectivity index is 2.49. The smallest absolute Gasteiger partial charge is 0.198 e. The lowest BCUT2D eigenvalue weighted by atomic mass is 10.3. The van der Waals surface area contributed by atoms with Crippen molar-refractivity contribution in [3.8, 4) is 11.6 Å². The molecule has 0 aliphatic carbocycles. The standard InChI is InChI=1S/C12H16ClN5/c1-4-8-6-10(14-5-2)17-11(16-8)12-15-7-9(13)18(12)3/h6-7H,4-5H2,1-3H3,(H,14,16,17). The first-order valence-electron chi connectivity index (χ1n) is 5.95. The predicted molar refractivity (Wildman–Crippen MR) is 72.8 cm³/mol. The van der Waals surface area contributed by atoms with E-state index in [2.05, 4.69) is 27.2 Å². The number of aryl methyl sites for hydroxylation is 1. The first-order chi connectivity index (χ1) is 8.65. The average Bonchev–Trinajstić information content (AvgIpc) is 2.70. The summed E-state index contributed by atoms with van der Waals surface area (Å²) in [6, 6.07) is 1.96. The highest BCUT2D eigenvalue weighted by atomic mass is 35.5. The van der Waals surface area contributed by atoms with Gasteiger partial charge in [-0.25, -0.2) is 15.0 Å². The van der Waals surface area contributed by atoms with Crippen LogP contribution in [0.3, 0.4) is 0 Å². The van der Waals surface area contributed by atoms with Gasteiger partial charge in [0.1, 0.15) is 11.0 Å². The lowest BCUT2D eigenvalue weighted by molar-refractivity contribution is 0.895. The van der Waals surface area contributed by atoms with E-state index in [0.717, 1.165) is 24.5 Å². The number of rotatable bonds is 4. The molecule has 96 valence electrons. The van der Waals surface area contributed by atoms with Crippen molar-refractivity contribution in [2.75, 3.05) is 11.9 Å². The van der Waals surface area contributed by atoms with E-state index in [0.29, 0.717) is 16.8 Å². The molecule has 0 aliphatic heterocycles. The number of aromatic nitrogens is 4. The van der Waals surface area contributed by atoms with Crippen LogP contribution in [0.25, 0.3) is 11.6 Å². The second-order valence-electron chi connectivity index (χ2n) is 3.92. The Bertz CT molecular complexity index is 549. The highest BCUT2D eigenvalue weighted by Crippen LogP contribution is 2.20. The fourth-order valence-electron chi connectivity index (χ4n) is 1.65. The van der Waals surface area contributed by atoms with E-state index < -0.39 is 0 Å². The van der Waals surface area contributed by atoms with Crippen molar-refractivity contribution in [3.63, 3.8) is 0 Å². The average molecular weight is 266 g/mol. The Kier molecular flexibility index (Phi) is 3.81. The molecule has 2 rings (SSSR count). The number of anilines is 1. The monoisotopic (exact) mass is 265 g/mol. The topological polar surface area (TPSA) is 55.6 Å². The van der Waals surface area contributed by atoms with Crippen molar-refractivity contribution in [2.24, 2.45) is 7.05 Å². The van der Waals surface area contributed by atoms with Crippen LogP contribution in [0, 0.1) is 0 Å². The SMILES string of the molecule is CCNc1cc(CC)nc(-c2ncc(Cl)n2C)n1. The van der Waals surface area contributed by atoms with Crippen molar-refractivity contribution >= 4 is 17.4 Å². The Hall–Kier alpha value is -1.62. The molecule has 6 heteroatoms. The van der Waals surface area contributed by atoms with E-state index in [-0.39, 0.29) is 0 Å². The summed E-state index contributed by atoms with van der Waals surface area (Å²) < 4.78 is 1.77. The summed E-state index contributed by atoms with van der Waals surface area (Å²) >= 11 is 5.98. The zero-order valence-corrected chi connectivity index (χ0v) is 11.5. The van der Waals surface area contributed by atoms with Crippen molar-refractivity contribution in [2.45, 2.75) is 20.3 Å². The number of hydrogen-bond acceptors (Lipinski definition) is 4. The van der Waals surface area contributed by atoms with E-state index >= 15 is 0 Å². The van der Waals surface area contributed by atoms with Crippen molar-refractivity contribution in [1.29, 1.82) is 0 Å². The second kappa shape index (κ2) is 5.35. The summed E-state index contributed by atoms with van der Waals surface area (Å²) in [5.41, 5.74) is 0.982. The first-order valence-corrected chi connectivity index (χ1v) is 6.32. The highest BCUT2D eigenvalue weighted by molar-refractivity contribution is 6.29. The van der Waals surface area contributed by atoms with Gasteiger partial charge in [0.05, 0.1) is 6.20 Å². The normalized spacial score (nSPS) is 10.7. The van der Waals surface area contributed by atoms with Gasteiger partial charge in [0.2, 0.25) is 0 Å².